The lowest BCUT2D eigenvalue weighted by molar-refractivity contribution is -0.142. The highest BCUT2D eigenvalue weighted by Gasteiger charge is 2.28. The van der Waals surface area contributed by atoms with E-state index in [0.717, 1.165) is 17.7 Å². The number of hydrogen-bond acceptors (Lipinski definition) is 7. The summed E-state index contributed by atoms with van der Waals surface area (Å²) < 4.78 is 6.90. The molecular weight excluding hydrogens is 466 g/mol. The molecule has 1 fully saturated rings. The Kier molecular flexibility index (Phi) is 7.16. The fourth-order valence-corrected chi connectivity index (χ4v) is 4.51. The first kappa shape index (κ1) is 24.8. The number of Topliss-reactive ketones (excluding diaryl/α,β-unsaturated/α-hetero) is 1. The Morgan fingerprint density at radius 1 is 1.14 bits per heavy atom. The molecule has 0 bridgehead atoms. The highest BCUT2D eigenvalue weighted by Crippen LogP contribution is 2.35. The largest absolute Gasteiger partial charge is 0.457 e. The number of carbonyl (C=O) groups is 3. The predicted molar refractivity (Wildman–Crippen MR) is 134 cm³/mol. The molecule has 2 heterocycles. The number of ether oxygens (including phenoxy) is 1. The van der Waals surface area contributed by atoms with Gasteiger partial charge in [0.25, 0.3) is 5.56 Å². The van der Waals surface area contributed by atoms with E-state index in [2.05, 4.69) is 10.3 Å². The van der Waals surface area contributed by atoms with Crippen molar-refractivity contribution in [3.05, 3.63) is 62.3 Å². The molecule has 8 nitrogen and oxygen atoms in total. The van der Waals surface area contributed by atoms with Gasteiger partial charge in [0.1, 0.15) is 5.82 Å². The number of nitrogens with zero attached hydrogens (tertiary/aromatic N) is 2. The Balaban J connectivity index is 1.31. The number of para-hydroxylation sites is 1. The van der Waals surface area contributed by atoms with Crippen molar-refractivity contribution in [3.63, 3.8) is 0 Å². The van der Waals surface area contributed by atoms with E-state index in [0.29, 0.717) is 28.1 Å². The summed E-state index contributed by atoms with van der Waals surface area (Å²) in [4.78, 5) is 55.7. The summed E-state index contributed by atoms with van der Waals surface area (Å²) in [5.74, 6) is -0.312. The van der Waals surface area contributed by atoms with Crippen LogP contribution in [0.2, 0.25) is 0 Å². The quantitative estimate of drug-likeness (QED) is 0.357. The Morgan fingerprint density at radius 2 is 1.89 bits per heavy atom. The number of ketones is 1. The minimum absolute atomic E-state index is 0.0271. The first-order valence-electron chi connectivity index (χ1n) is 11.7. The van der Waals surface area contributed by atoms with Crippen LogP contribution in [0.3, 0.4) is 0 Å². The van der Waals surface area contributed by atoms with E-state index in [-0.39, 0.29) is 42.7 Å². The van der Waals surface area contributed by atoms with Crippen LogP contribution in [0, 0.1) is 5.41 Å². The van der Waals surface area contributed by atoms with Crippen molar-refractivity contribution in [2.45, 2.75) is 59.0 Å². The van der Waals surface area contributed by atoms with E-state index >= 15 is 0 Å². The summed E-state index contributed by atoms with van der Waals surface area (Å²) in [6.07, 6.45) is 2.14. The molecule has 0 unspecified atom stereocenters. The molecule has 0 saturated heterocycles. The Labute approximate surface area is 207 Å². The summed E-state index contributed by atoms with van der Waals surface area (Å²) in [5.41, 5.74) is 0.0450. The van der Waals surface area contributed by atoms with E-state index in [1.165, 1.54) is 11.3 Å². The van der Waals surface area contributed by atoms with Crippen LogP contribution in [0.1, 0.15) is 66.4 Å². The average Bonchev–Trinajstić information content (AvgIpc) is 3.54. The Hall–Kier alpha value is -3.33. The second kappa shape index (κ2) is 10.1. The van der Waals surface area contributed by atoms with Gasteiger partial charge in [-0.3, -0.25) is 23.7 Å². The zero-order chi connectivity index (χ0) is 25.2. The van der Waals surface area contributed by atoms with Gasteiger partial charge in [0.05, 0.1) is 28.7 Å². The zero-order valence-electron chi connectivity index (χ0n) is 20.1. The van der Waals surface area contributed by atoms with Crippen LogP contribution in [0.5, 0.6) is 0 Å². The van der Waals surface area contributed by atoms with Crippen molar-refractivity contribution < 1.29 is 19.1 Å². The molecule has 0 atom stereocenters. The third-order valence-electron chi connectivity index (χ3n) is 5.75. The molecule has 1 aliphatic carbocycles. The number of hydrogen-bond donors (Lipinski definition) is 1. The first-order chi connectivity index (χ1) is 16.6. The van der Waals surface area contributed by atoms with E-state index in [9.17, 15) is 19.2 Å². The van der Waals surface area contributed by atoms with Crippen molar-refractivity contribution >= 4 is 39.9 Å². The van der Waals surface area contributed by atoms with Crippen molar-refractivity contribution in [1.82, 2.24) is 14.9 Å². The third kappa shape index (κ3) is 6.03. The van der Waals surface area contributed by atoms with Crippen molar-refractivity contribution in [2.24, 2.45) is 5.41 Å². The summed E-state index contributed by atoms with van der Waals surface area (Å²) in [6, 6.07) is 10.8. The molecule has 1 N–H and O–H groups in total. The van der Waals surface area contributed by atoms with E-state index in [1.54, 1.807) is 28.8 Å². The molecule has 35 heavy (non-hydrogen) atoms. The number of rotatable bonds is 9. The molecule has 184 valence electrons. The molecule has 2 aromatic heterocycles. The van der Waals surface area contributed by atoms with Gasteiger partial charge >= 0.3 is 5.97 Å². The number of thiophene rings is 1. The maximum absolute atomic E-state index is 12.9. The smallest absolute Gasteiger partial charge is 0.306 e. The van der Waals surface area contributed by atoms with E-state index in [1.807, 2.05) is 32.9 Å². The third-order valence-corrected chi connectivity index (χ3v) is 6.88. The number of nitrogens with one attached hydrogen (secondary N) is 1. The fraction of sp³-hybridized carbons (Fsp3) is 0.423. The lowest BCUT2D eigenvalue weighted by atomic mass is 9.96. The number of amides is 1. The monoisotopic (exact) mass is 495 g/mol. The second-order valence-electron chi connectivity index (χ2n) is 9.73. The normalized spacial score (nSPS) is 13.6. The highest BCUT2D eigenvalue weighted by molar-refractivity contribution is 7.14. The van der Waals surface area contributed by atoms with Crippen LogP contribution in [-0.2, 0) is 27.3 Å². The lowest BCUT2D eigenvalue weighted by Gasteiger charge is -2.17. The SMILES string of the molecule is CC(C)(C)C(=O)NCc1ccc(C(=O)COC(=O)CCc2nc3ccccc3c(=O)n2C2CC2)s1. The van der Waals surface area contributed by atoms with Crippen molar-refractivity contribution in [1.29, 1.82) is 0 Å². The van der Waals surface area contributed by atoms with Gasteiger partial charge in [0.15, 0.2) is 6.61 Å². The van der Waals surface area contributed by atoms with Gasteiger partial charge in [-0.1, -0.05) is 32.9 Å². The van der Waals surface area contributed by atoms with Gasteiger partial charge in [0, 0.05) is 22.8 Å². The lowest BCUT2D eigenvalue weighted by Crippen LogP contribution is -2.34. The minimum Gasteiger partial charge on any atom is -0.457 e. The maximum atomic E-state index is 12.9. The molecule has 1 aliphatic rings. The molecule has 0 spiro atoms. The molecule has 1 amide bonds. The first-order valence-corrected chi connectivity index (χ1v) is 12.5. The zero-order valence-corrected chi connectivity index (χ0v) is 20.9. The molecule has 0 aliphatic heterocycles. The predicted octanol–water partition coefficient (Wildman–Crippen LogP) is 3.81. The second-order valence-corrected chi connectivity index (χ2v) is 10.9. The standard InChI is InChI=1S/C26H29N3O5S/c1-26(2,3)25(33)27-14-17-10-11-21(35-17)20(30)15-34-23(31)13-12-22-28-19-7-5-4-6-18(19)24(32)29(22)16-8-9-16/h4-7,10-11,16H,8-9,12-15H2,1-3H3,(H,27,33). The number of fused-ring (bicyclic) bond motifs is 1. The van der Waals surface area contributed by atoms with Crippen LogP contribution in [-0.4, -0.2) is 33.8 Å². The van der Waals surface area contributed by atoms with Gasteiger partial charge < -0.3 is 10.1 Å². The van der Waals surface area contributed by atoms with Crippen LogP contribution < -0.4 is 10.9 Å². The Bertz CT molecular complexity index is 1330. The highest BCUT2D eigenvalue weighted by atomic mass is 32.1. The number of benzene rings is 1. The van der Waals surface area contributed by atoms with Crippen LogP contribution >= 0.6 is 11.3 Å². The van der Waals surface area contributed by atoms with Gasteiger partial charge in [-0.05, 0) is 37.1 Å². The van der Waals surface area contributed by atoms with Crippen LogP contribution in [0.15, 0.2) is 41.2 Å². The number of aryl methyl sites for hydroxylation is 1. The van der Waals surface area contributed by atoms with Gasteiger partial charge in [-0.25, -0.2) is 4.98 Å². The minimum atomic E-state index is -0.516. The number of aromatic nitrogens is 2. The molecular formula is C26H29N3O5S. The van der Waals surface area contributed by atoms with Gasteiger partial charge in [0.2, 0.25) is 11.7 Å². The molecule has 4 rings (SSSR count). The van der Waals surface area contributed by atoms with Gasteiger partial charge in [-0.2, -0.15) is 0 Å². The number of carbonyl (C=O) groups excluding carboxylic acids is 3. The molecule has 1 aromatic carbocycles. The van der Waals surface area contributed by atoms with E-state index < -0.39 is 11.4 Å². The Morgan fingerprint density at radius 3 is 2.60 bits per heavy atom. The fourth-order valence-electron chi connectivity index (χ4n) is 3.64. The van der Waals surface area contributed by atoms with Gasteiger partial charge in [-0.15, -0.1) is 11.3 Å². The molecule has 3 aromatic rings. The summed E-state index contributed by atoms with van der Waals surface area (Å²) in [7, 11) is 0. The maximum Gasteiger partial charge on any atom is 0.306 e. The van der Waals surface area contributed by atoms with Crippen molar-refractivity contribution in [3.8, 4) is 0 Å². The molecule has 0 radical (unpaired) electrons. The summed E-state index contributed by atoms with van der Waals surface area (Å²) >= 11 is 1.27. The van der Waals surface area contributed by atoms with Crippen molar-refractivity contribution in [2.75, 3.05) is 6.61 Å². The average molecular weight is 496 g/mol. The molecule has 9 heteroatoms. The summed E-state index contributed by atoms with van der Waals surface area (Å²) in [5, 5.41) is 3.42. The number of esters is 1. The summed E-state index contributed by atoms with van der Waals surface area (Å²) in [6.45, 7) is 5.49. The van der Waals surface area contributed by atoms with E-state index in [4.69, 9.17) is 4.74 Å². The molecule has 1 saturated carbocycles. The topological polar surface area (TPSA) is 107 Å². The van der Waals surface area contributed by atoms with Crippen LogP contribution in [0.25, 0.3) is 10.9 Å². The van der Waals surface area contributed by atoms with Crippen LogP contribution in [0.4, 0.5) is 0 Å².